The number of aliphatic hydroxyl groups is 1. The number of imidazole rings is 1. The summed E-state index contributed by atoms with van der Waals surface area (Å²) in [6.45, 7) is 0. The second kappa shape index (κ2) is 7.75. The smallest absolute Gasteiger partial charge is 0.383 e. The first-order chi connectivity index (χ1) is 15.3. The summed E-state index contributed by atoms with van der Waals surface area (Å²) in [6, 6.07) is 8.31. The van der Waals surface area contributed by atoms with E-state index in [4.69, 9.17) is 5.73 Å². The molecule has 0 saturated heterocycles. The van der Waals surface area contributed by atoms with Crippen molar-refractivity contribution < 1.29 is 31.4 Å². The quantitative estimate of drug-likeness (QED) is 0.446. The number of anilines is 1. The number of aromatic nitrogens is 3. The number of benzene rings is 1. The Kier molecular flexibility index (Phi) is 5.43. The van der Waals surface area contributed by atoms with Gasteiger partial charge in [0.1, 0.15) is 11.6 Å². The van der Waals surface area contributed by atoms with Gasteiger partial charge in [-0.05, 0) is 36.1 Å². The molecule has 5 nitrogen and oxygen atoms in total. The highest BCUT2D eigenvalue weighted by molar-refractivity contribution is 5.73. The average Bonchev–Trinajstić information content (AvgIpc) is 3.40. The van der Waals surface area contributed by atoms with Gasteiger partial charge in [0.15, 0.2) is 5.60 Å². The monoisotopic (exact) mass is 470 g/mol. The van der Waals surface area contributed by atoms with Crippen molar-refractivity contribution in [1.82, 2.24) is 15.0 Å². The first-order valence-electron chi connectivity index (χ1n) is 10.1. The highest BCUT2D eigenvalue weighted by Crippen LogP contribution is 2.59. The predicted molar refractivity (Wildman–Crippen MR) is 108 cm³/mol. The van der Waals surface area contributed by atoms with Crippen LogP contribution in [0.1, 0.15) is 29.9 Å². The van der Waals surface area contributed by atoms with Gasteiger partial charge in [-0.2, -0.15) is 26.3 Å². The lowest BCUT2D eigenvalue weighted by Gasteiger charge is -2.30. The third-order valence-corrected chi connectivity index (χ3v) is 6.06. The van der Waals surface area contributed by atoms with E-state index in [1.165, 1.54) is 18.3 Å². The van der Waals surface area contributed by atoms with E-state index >= 15 is 0 Å². The maximum Gasteiger partial charge on any atom is 0.421 e. The van der Waals surface area contributed by atoms with E-state index in [2.05, 4.69) is 15.0 Å². The minimum Gasteiger partial charge on any atom is -0.383 e. The number of halogens is 6. The Hall–Kier alpha value is -3.08. The van der Waals surface area contributed by atoms with Gasteiger partial charge in [0.05, 0.1) is 11.1 Å². The number of nitrogen functional groups attached to an aromatic ring is 1. The number of aromatic amines is 1. The molecule has 0 aliphatic heterocycles. The molecule has 0 amide bonds. The largest absolute Gasteiger partial charge is 0.421 e. The van der Waals surface area contributed by atoms with Crippen molar-refractivity contribution >= 4 is 5.82 Å². The molecule has 4 rings (SSSR count). The molecule has 1 aliphatic carbocycles. The van der Waals surface area contributed by atoms with Gasteiger partial charge >= 0.3 is 12.4 Å². The van der Waals surface area contributed by atoms with Crippen molar-refractivity contribution in [3.8, 4) is 11.1 Å². The van der Waals surface area contributed by atoms with Gasteiger partial charge in [0, 0.05) is 30.8 Å². The van der Waals surface area contributed by atoms with Gasteiger partial charge < -0.3 is 15.8 Å². The number of rotatable bonds is 6. The molecule has 2 aromatic heterocycles. The molecule has 176 valence electrons. The predicted octanol–water partition coefficient (Wildman–Crippen LogP) is 4.93. The standard InChI is InChI=1S/C22H20F6N4O/c23-21(24,25)19(7-8-19)10-15-12-31-17(32-15)11-20(33,22(26,27)28)14-5-3-13(4-6-14)16-2-1-9-30-18(16)29/h1-6,9,12,33H,7-8,10-11H2,(H2,29,30)(H,31,32). The van der Waals surface area contributed by atoms with Crippen LogP contribution in [0.15, 0.2) is 48.8 Å². The maximum atomic E-state index is 13.9. The Bertz CT molecular complexity index is 1130. The second-order valence-corrected chi connectivity index (χ2v) is 8.34. The molecule has 4 N–H and O–H groups in total. The summed E-state index contributed by atoms with van der Waals surface area (Å²) >= 11 is 0. The van der Waals surface area contributed by atoms with Crippen LogP contribution in [0.5, 0.6) is 0 Å². The Labute approximate surface area is 184 Å². The average molecular weight is 470 g/mol. The minimum atomic E-state index is -5.07. The zero-order valence-corrected chi connectivity index (χ0v) is 17.1. The van der Waals surface area contributed by atoms with E-state index < -0.39 is 41.8 Å². The Balaban J connectivity index is 1.59. The van der Waals surface area contributed by atoms with Crippen molar-refractivity contribution in [1.29, 1.82) is 0 Å². The van der Waals surface area contributed by atoms with Crippen LogP contribution in [-0.2, 0) is 18.4 Å². The van der Waals surface area contributed by atoms with Crippen LogP contribution in [0, 0.1) is 5.41 Å². The van der Waals surface area contributed by atoms with Crippen LogP contribution in [0.2, 0.25) is 0 Å². The fourth-order valence-electron chi connectivity index (χ4n) is 3.84. The van der Waals surface area contributed by atoms with Crippen LogP contribution >= 0.6 is 0 Å². The number of nitrogens with two attached hydrogens (primary N) is 1. The molecule has 1 atom stereocenters. The molecule has 0 bridgehead atoms. The highest BCUT2D eigenvalue weighted by Gasteiger charge is 2.63. The molecule has 3 aromatic rings. The number of hydrogen-bond donors (Lipinski definition) is 3. The molecule has 0 spiro atoms. The van der Waals surface area contributed by atoms with E-state index in [-0.39, 0.29) is 30.2 Å². The molecule has 1 unspecified atom stereocenters. The fourth-order valence-corrected chi connectivity index (χ4v) is 3.84. The van der Waals surface area contributed by atoms with Crippen molar-refractivity contribution in [2.24, 2.45) is 5.41 Å². The van der Waals surface area contributed by atoms with E-state index in [0.717, 1.165) is 18.3 Å². The number of nitrogens with zero attached hydrogens (tertiary/aromatic N) is 2. The topological polar surface area (TPSA) is 87.8 Å². The van der Waals surface area contributed by atoms with E-state index in [1.54, 1.807) is 12.1 Å². The summed E-state index contributed by atoms with van der Waals surface area (Å²) in [4.78, 5) is 10.3. The molecular formula is C22H20F6N4O. The van der Waals surface area contributed by atoms with Crippen molar-refractivity contribution in [3.63, 3.8) is 0 Å². The second-order valence-electron chi connectivity index (χ2n) is 8.34. The molecule has 1 fully saturated rings. The van der Waals surface area contributed by atoms with Gasteiger partial charge in [-0.15, -0.1) is 0 Å². The lowest BCUT2D eigenvalue weighted by atomic mass is 9.88. The molecular weight excluding hydrogens is 450 g/mol. The first kappa shape index (κ1) is 23.1. The normalized spacial score (nSPS) is 17.5. The fraction of sp³-hybridized carbons (Fsp3) is 0.364. The van der Waals surface area contributed by atoms with E-state index in [9.17, 15) is 31.4 Å². The third kappa shape index (κ3) is 4.29. The SMILES string of the molecule is Nc1ncccc1-c1ccc(C(O)(Cc2nc(CC3(C(F)(F)F)CC3)c[nH]2)C(F)(F)F)cc1. The summed E-state index contributed by atoms with van der Waals surface area (Å²) in [7, 11) is 0. The maximum absolute atomic E-state index is 13.9. The zero-order chi connectivity index (χ0) is 24.1. The summed E-state index contributed by atoms with van der Waals surface area (Å²) in [5.41, 5.74) is 1.23. The van der Waals surface area contributed by atoms with Crippen molar-refractivity contribution in [2.75, 3.05) is 5.73 Å². The minimum absolute atomic E-state index is 0.00625. The Morgan fingerprint density at radius 3 is 2.24 bits per heavy atom. The van der Waals surface area contributed by atoms with E-state index in [1.807, 2.05) is 0 Å². The van der Waals surface area contributed by atoms with E-state index in [0.29, 0.717) is 11.1 Å². The van der Waals surface area contributed by atoms with Gasteiger partial charge in [0.2, 0.25) is 0 Å². The number of nitrogens with one attached hydrogen (secondary N) is 1. The summed E-state index contributed by atoms with van der Waals surface area (Å²) in [5, 5.41) is 10.7. The van der Waals surface area contributed by atoms with Gasteiger partial charge in [-0.25, -0.2) is 9.97 Å². The number of alkyl halides is 6. The molecule has 1 aliphatic rings. The zero-order valence-electron chi connectivity index (χ0n) is 17.1. The molecule has 33 heavy (non-hydrogen) atoms. The number of hydrogen-bond acceptors (Lipinski definition) is 4. The van der Waals surface area contributed by atoms with Gasteiger partial charge in [-0.1, -0.05) is 24.3 Å². The van der Waals surface area contributed by atoms with Crippen molar-refractivity contribution in [3.05, 3.63) is 65.9 Å². The summed E-state index contributed by atoms with van der Waals surface area (Å²) in [6.07, 6.45) is -8.32. The third-order valence-electron chi connectivity index (χ3n) is 6.06. The molecule has 11 heteroatoms. The Morgan fingerprint density at radius 2 is 1.70 bits per heavy atom. The van der Waals surface area contributed by atoms with Crippen LogP contribution in [0.25, 0.3) is 11.1 Å². The highest BCUT2D eigenvalue weighted by atomic mass is 19.4. The first-order valence-corrected chi connectivity index (χ1v) is 10.1. The molecule has 1 saturated carbocycles. The lowest BCUT2D eigenvalue weighted by Crippen LogP contribution is -2.44. The van der Waals surface area contributed by atoms with Crippen LogP contribution in [-0.4, -0.2) is 32.4 Å². The van der Waals surface area contributed by atoms with Gasteiger partial charge in [-0.3, -0.25) is 0 Å². The van der Waals surface area contributed by atoms with Crippen molar-refractivity contribution in [2.45, 2.75) is 43.6 Å². The number of H-pyrrole nitrogens is 1. The summed E-state index contributed by atoms with van der Waals surface area (Å²) in [5.74, 6) is -0.0601. The van der Waals surface area contributed by atoms with Crippen LogP contribution < -0.4 is 5.73 Å². The lowest BCUT2D eigenvalue weighted by molar-refractivity contribution is -0.266. The summed E-state index contributed by atoms with van der Waals surface area (Å²) < 4.78 is 81.3. The molecule has 2 heterocycles. The van der Waals surface area contributed by atoms with Crippen LogP contribution in [0.3, 0.4) is 0 Å². The molecule has 0 radical (unpaired) electrons. The van der Waals surface area contributed by atoms with Crippen LogP contribution in [0.4, 0.5) is 32.2 Å². The van der Waals surface area contributed by atoms with Gasteiger partial charge in [0.25, 0.3) is 0 Å². The molecule has 1 aromatic carbocycles. The number of pyridine rings is 1. The Morgan fingerprint density at radius 1 is 1.03 bits per heavy atom.